The second-order valence-electron chi connectivity index (χ2n) is 10.4. The summed E-state index contributed by atoms with van der Waals surface area (Å²) in [6.45, 7) is 1.69. The maximum Gasteiger partial charge on any atom is 0.211 e. The summed E-state index contributed by atoms with van der Waals surface area (Å²) >= 11 is 0. The fourth-order valence-electron chi connectivity index (χ4n) is 4.85. The van der Waals surface area contributed by atoms with Crippen molar-refractivity contribution >= 4 is 24.2 Å². The van der Waals surface area contributed by atoms with Crippen molar-refractivity contribution in [2.45, 2.75) is 50.7 Å². The molecule has 2 amide bonds. The zero-order valence-electron chi connectivity index (χ0n) is 23.8. The number of anilines is 2. The molecule has 3 rings (SSSR count). The van der Waals surface area contributed by atoms with Crippen LogP contribution in [0.15, 0.2) is 60.7 Å². The second-order valence-corrected chi connectivity index (χ2v) is 10.4. The van der Waals surface area contributed by atoms with Crippen LogP contribution in [-0.2, 0) is 22.4 Å². The van der Waals surface area contributed by atoms with E-state index in [0.717, 1.165) is 38.5 Å². The van der Waals surface area contributed by atoms with Crippen molar-refractivity contribution in [3.63, 3.8) is 0 Å². The van der Waals surface area contributed by atoms with Gasteiger partial charge in [-0.05, 0) is 98.1 Å². The number of aliphatic hydroxyl groups is 2. The van der Waals surface area contributed by atoms with Gasteiger partial charge in [0.2, 0.25) is 12.8 Å². The lowest BCUT2D eigenvalue weighted by atomic mass is 10.0. The van der Waals surface area contributed by atoms with Gasteiger partial charge in [0.25, 0.3) is 0 Å². The first kappa shape index (κ1) is 32.6. The first-order chi connectivity index (χ1) is 20.3. The lowest BCUT2D eigenvalue weighted by molar-refractivity contribution is -0.106. The second kappa shape index (κ2) is 17.1. The Kier molecular flexibility index (Phi) is 13.3. The van der Waals surface area contributed by atoms with E-state index in [1.54, 1.807) is 12.1 Å². The Labute approximate surface area is 246 Å². The average Bonchev–Trinajstić information content (AvgIpc) is 2.98. The SMILES string of the molecule is NCCCCc1ccc(CCCCN(C[C@H](O)c2ccc(O)c(NC=O)c2)C[C@H](O)c2ccc(O)c(NC=O)c2)cc1. The summed E-state index contributed by atoms with van der Waals surface area (Å²) in [6, 6.07) is 17.7. The van der Waals surface area contributed by atoms with Crippen LogP contribution in [0.2, 0.25) is 0 Å². The predicted octanol–water partition coefficient (Wildman–Crippen LogP) is 3.61. The van der Waals surface area contributed by atoms with Crippen molar-refractivity contribution in [3.8, 4) is 11.5 Å². The topological polar surface area (TPSA) is 168 Å². The van der Waals surface area contributed by atoms with Gasteiger partial charge in [-0.3, -0.25) is 14.5 Å². The normalized spacial score (nSPS) is 12.6. The van der Waals surface area contributed by atoms with Crippen molar-refractivity contribution < 1.29 is 30.0 Å². The molecule has 0 unspecified atom stereocenters. The maximum absolute atomic E-state index is 11.0. The van der Waals surface area contributed by atoms with Gasteiger partial charge in [-0.2, -0.15) is 0 Å². The van der Waals surface area contributed by atoms with Crippen LogP contribution in [0.1, 0.15) is 60.1 Å². The predicted molar refractivity (Wildman–Crippen MR) is 163 cm³/mol. The van der Waals surface area contributed by atoms with Crippen LogP contribution in [0, 0.1) is 0 Å². The number of phenols is 2. The largest absolute Gasteiger partial charge is 0.506 e. The number of unbranched alkanes of at least 4 members (excludes halogenated alkanes) is 2. The highest BCUT2D eigenvalue weighted by Gasteiger charge is 2.20. The van der Waals surface area contributed by atoms with Crippen molar-refractivity contribution in [2.24, 2.45) is 5.73 Å². The van der Waals surface area contributed by atoms with E-state index in [1.165, 1.54) is 35.4 Å². The molecule has 3 aromatic rings. The van der Waals surface area contributed by atoms with Gasteiger partial charge in [0.15, 0.2) is 0 Å². The maximum atomic E-state index is 11.0. The number of nitrogens with zero attached hydrogens (tertiary/aromatic N) is 1. The third-order valence-corrected chi connectivity index (χ3v) is 7.23. The molecule has 0 aliphatic rings. The minimum absolute atomic E-state index is 0.110. The number of hydrogen-bond donors (Lipinski definition) is 7. The zero-order chi connectivity index (χ0) is 30.3. The Morgan fingerprint density at radius 2 is 1.14 bits per heavy atom. The van der Waals surface area contributed by atoms with Gasteiger partial charge in [-0.1, -0.05) is 36.4 Å². The van der Waals surface area contributed by atoms with E-state index < -0.39 is 12.2 Å². The highest BCUT2D eigenvalue weighted by molar-refractivity contribution is 5.76. The molecule has 226 valence electrons. The summed E-state index contributed by atoms with van der Waals surface area (Å²) in [5, 5.41) is 46.8. The molecule has 0 aromatic heterocycles. The molecule has 42 heavy (non-hydrogen) atoms. The Morgan fingerprint density at radius 1 is 0.690 bits per heavy atom. The number of rotatable bonds is 19. The highest BCUT2D eigenvalue weighted by Crippen LogP contribution is 2.29. The third-order valence-electron chi connectivity index (χ3n) is 7.23. The Hall–Kier alpha value is -3.96. The molecule has 0 aliphatic heterocycles. The first-order valence-electron chi connectivity index (χ1n) is 14.3. The fraction of sp³-hybridized carbons (Fsp3) is 0.375. The molecule has 0 spiro atoms. The van der Waals surface area contributed by atoms with Gasteiger partial charge in [-0.15, -0.1) is 0 Å². The summed E-state index contributed by atoms with van der Waals surface area (Å²) < 4.78 is 0. The van der Waals surface area contributed by atoms with Gasteiger partial charge in [0.1, 0.15) is 11.5 Å². The Bertz CT molecular complexity index is 1200. The van der Waals surface area contributed by atoms with E-state index in [1.807, 2.05) is 4.90 Å². The quantitative estimate of drug-likeness (QED) is 0.0643. The highest BCUT2D eigenvalue weighted by atomic mass is 16.3. The summed E-state index contributed by atoms with van der Waals surface area (Å²) in [5.41, 5.74) is 9.54. The number of aryl methyl sites for hydroxylation is 2. The molecule has 10 nitrogen and oxygen atoms in total. The minimum Gasteiger partial charge on any atom is -0.506 e. The van der Waals surface area contributed by atoms with E-state index in [9.17, 15) is 30.0 Å². The average molecular weight is 579 g/mol. The van der Waals surface area contributed by atoms with E-state index in [2.05, 4.69) is 34.9 Å². The van der Waals surface area contributed by atoms with Crippen LogP contribution in [0.3, 0.4) is 0 Å². The Morgan fingerprint density at radius 3 is 1.57 bits per heavy atom. The van der Waals surface area contributed by atoms with Gasteiger partial charge < -0.3 is 36.8 Å². The summed E-state index contributed by atoms with van der Waals surface area (Å²) in [6.07, 6.45) is 4.76. The molecule has 0 saturated heterocycles. The number of phenolic OH excluding ortho intramolecular Hbond substituents is 2. The monoisotopic (exact) mass is 578 g/mol. The Balaban J connectivity index is 1.66. The van der Waals surface area contributed by atoms with Crippen LogP contribution < -0.4 is 16.4 Å². The zero-order valence-corrected chi connectivity index (χ0v) is 23.8. The smallest absolute Gasteiger partial charge is 0.211 e. The number of carbonyl (C=O) groups excluding carboxylic acids is 2. The number of carbonyl (C=O) groups is 2. The molecule has 8 N–H and O–H groups in total. The van der Waals surface area contributed by atoms with Gasteiger partial charge >= 0.3 is 0 Å². The number of aromatic hydroxyl groups is 2. The lowest BCUT2D eigenvalue weighted by Crippen LogP contribution is -2.33. The minimum atomic E-state index is -0.955. The number of amides is 2. The van der Waals surface area contributed by atoms with Crippen LogP contribution >= 0.6 is 0 Å². The molecule has 0 bridgehead atoms. The number of benzene rings is 3. The summed E-state index contributed by atoms with van der Waals surface area (Å²) in [4.78, 5) is 23.7. The summed E-state index contributed by atoms with van der Waals surface area (Å²) in [7, 11) is 0. The summed E-state index contributed by atoms with van der Waals surface area (Å²) in [5.74, 6) is -0.220. The third kappa shape index (κ3) is 10.1. The molecule has 0 aliphatic carbocycles. The standard InChI is InChI=1S/C32H42N4O6/c33-15-3-1-5-23-7-9-24(10-8-23)6-2-4-16-36(19-31(41)25-11-13-29(39)27(17-25)34-21-37)20-32(42)26-12-14-30(40)28(18-26)35-22-38/h7-14,17-18,21-22,31-32,39-42H,1-6,15-16,19-20,33H2,(H,34,37)(H,35,38)/t31-,32-/m0/s1. The molecule has 0 heterocycles. The number of aliphatic hydroxyl groups excluding tert-OH is 2. The first-order valence-corrected chi connectivity index (χ1v) is 14.3. The number of hydrogen-bond acceptors (Lipinski definition) is 8. The van der Waals surface area contributed by atoms with Crippen LogP contribution in [0.5, 0.6) is 11.5 Å². The number of nitrogens with one attached hydrogen (secondary N) is 2. The van der Waals surface area contributed by atoms with Gasteiger partial charge in [0.05, 0.1) is 23.6 Å². The molecule has 0 saturated carbocycles. The molecule has 2 atom stereocenters. The van der Waals surface area contributed by atoms with E-state index in [0.29, 0.717) is 37.0 Å². The molecule has 10 heteroatoms. The van der Waals surface area contributed by atoms with Crippen molar-refractivity contribution in [1.29, 1.82) is 0 Å². The molecular formula is C32H42N4O6. The van der Waals surface area contributed by atoms with Gasteiger partial charge in [-0.25, -0.2) is 0 Å². The fourth-order valence-corrected chi connectivity index (χ4v) is 4.85. The molecule has 0 radical (unpaired) electrons. The number of nitrogens with two attached hydrogens (primary N) is 1. The molecule has 0 fully saturated rings. The molecular weight excluding hydrogens is 536 g/mol. The van der Waals surface area contributed by atoms with Crippen LogP contribution in [0.25, 0.3) is 0 Å². The van der Waals surface area contributed by atoms with Crippen LogP contribution in [-0.4, -0.2) is 64.3 Å². The van der Waals surface area contributed by atoms with Crippen molar-refractivity contribution in [3.05, 3.63) is 82.9 Å². The van der Waals surface area contributed by atoms with E-state index in [-0.39, 0.29) is 36.0 Å². The van der Waals surface area contributed by atoms with Crippen molar-refractivity contribution in [2.75, 3.05) is 36.8 Å². The van der Waals surface area contributed by atoms with Crippen LogP contribution in [0.4, 0.5) is 11.4 Å². The molecule has 3 aromatic carbocycles. The van der Waals surface area contributed by atoms with Gasteiger partial charge in [0, 0.05) is 13.1 Å². The lowest BCUT2D eigenvalue weighted by Gasteiger charge is -2.28. The van der Waals surface area contributed by atoms with Crippen molar-refractivity contribution in [1.82, 2.24) is 4.90 Å². The van der Waals surface area contributed by atoms with E-state index in [4.69, 9.17) is 5.73 Å². The van der Waals surface area contributed by atoms with E-state index >= 15 is 0 Å².